The van der Waals surface area contributed by atoms with Crippen molar-refractivity contribution in [2.45, 2.75) is 33.6 Å². The van der Waals surface area contributed by atoms with Crippen molar-refractivity contribution in [2.75, 3.05) is 0 Å². The summed E-state index contributed by atoms with van der Waals surface area (Å²) in [6.07, 6.45) is 2.95. The summed E-state index contributed by atoms with van der Waals surface area (Å²) in [7, 11) is 0. The topological polar surface area (TPSA) is 84.2 Å². The molecule has 5 nitrogen and oxygen atoms in total. The number of nitrogens with one attached hydrogen (secondary N) is 2. The molecule has 2 aliphatic carbocycles. The van der Waals surface area contributed by atoms with Gasteiger partial charge in [0.2, 0.25) is 0 Å². The Labute approximate surface area is 101 Å². The molecular formula is C12H19N3O2. The van der Waals surface area contributed by atoms with Gasteiger partial charge in [0.15, 0.2) is 0 Å². The van der Waals surface area contributed by atoms with E-state index in [4.69, 9.17) is 5.73 Å². The molecule has 2 bridgehead atoms. The predicted octanol–water partition coefficient (Wildman–Crippen LogP) is 1.07. The highest BCUT2D eigenvalue weighted by atomic mass is 16.2. The zero-order valence-corrected chi connectivity index (χ0v) is 10.5. The number of hydrazine groups is 1. The van der Waals surface area contributed by atoms with Crippen molar-refractivity contribution in [3.63, 3.8) is 0 Å². The first-order chi connectivity index (χ1) is 7.84. The fourth-order valence-corrected chi connectivity index (χ4v) is 3.46. The normalized spacial score (nSPS) is 33.7. The van der Waals surface area contributed by atoms with Crippen LogP contribution in [-0.4, -0.2) is 12.3 Å². The quantitative estimate of drug-likeness (QED) is 0.507. The van der Waals surface area contributed by atoms with Gasteiger partial charge in [-0.1, -0.05) is 20.8 Å². The lowest BCUT2D eigenvalue weighted by Crippen LogP contribution is -2.45. The summed E-state index contributed by atoms with van der Waals surface area (Å²) in [5.74, 6) is 0.266. The van der Waals surface area contributed by atoms with Crippen molar-refractivity contribution in [1.82, 2.24) is 10.9 Å². The molecule has 0 aromatic rings. The molecule has 0 aromatic heterocycles. The van der Waals surface area contributed by atoms with E-state index in [0.717, 1.165) is 30.4 Å². The van der Waals surface area contributed by atoms with Crippen LogP contribution in [0.25, 0.3) is 0 Å². The van der Waals surface area contributed by atoms with Gasteiger partial charge >= 0.3 is 6.03 Å². The number of urea groups is 1. The summed E-state index contributed by atoms with van der Waals surface area (Å²) in [5.41, 5.74) is 11.8. The number of hydrogen-bond donors (Lipinski definition) is 3. The number of carbonyl (C=O) groups excluding carboxylic acids is 2. The number of aldehydes is 1. The maximum atomic E-state index is 11.2. The number of allylic oxidation sites excluding steroid dienone is 2. The minimum absolute atomic E-state index is 0.0326. The van der Waals surface area contributed by atoms with E-state index in [-0.39, 0.29) is 16.7 Å². The molecule has 2 rings (SSSR count). The monoisotopic (exact) mass is 237 g/mol. The van der Waals surface area contributed by atoms with E-state index in [1.54, 1.807) is 0 Å². The molecule has 0 radical (unpaired) electrons. The van der Waals surface area contributed by atoms with Crippen molar-refractivity contribution in [3.8, 4) is 0 Å². The summed E-state index contributed by atoms with van der Waals surface area (Å²) in [4.78, 5) is 22.0. The standard InChI is InChI=1S/C12H19N3O2/c1-11(2)8-4-5-12(11,3)9(7(8)6-16)14-15-10(13)17/h6,8,14H,4-5H2,1-3H3,(H3,13,15,17)/t8-,12+/m1/s1. The van der Waals surface area contributed by atoms with Gasteiger partial charge in [0.05, 0.1) is 0 Å². The largest absolute Gasteiger partial charge is 0.350 e. The molecule has 17 heavy (non-hydrogen) atoms. The van der Waals surface area contributed by atoms with E-state index < -0.39 is 6.03 Å². The molecular weight excluding hydrogens is 218 g/mol. The second-order valence-corrected chi connectivity index (χ2v) is 5.71. The molecule has 0 unspecified atom stereocenters. The summed E-state index contributed by atoms with van der Waals surface area (Å²) in [6.45, 7) is 6.48. The second-order valence-electron chi connectivity index (χ2n) is 5.71. The van der Waals surface area contributed by atoms with E-state index in [2.05, 4.69) is 31.6 Å². The molecule has 0 aliphatic heterocycles. The van der Waals surface area contributed by atoms with Crippen LogP contribution in [0.4, 0.5) is 4.79 Å². The number of fused-ring (bicyclic) bond motifs is 2. The van der Waals surface area contributed by atoms with Crippen molar-refractivity contribution in [2.24, 2.45) is 22.5 Å². The summed E-state index contributed by atoms with van der Waals surface area (Å²) >= 11 is 0. The van der Waals surface area contributed by atoms with Crippen LogP contribution in [0, 0.1) is 16.7 Å². The van der Waals surface area contributed by atoms with Gasteiger partial charge in [0, 0.05) is 16.7 Å². The number of nitrogens with two attached hydrogens (primary N) is 1. The highest BCUT2D eigenvalue weighted by Gasteiger charge is 2.60. The van der Waals surface area contributed by atoms with Gasteiger partial charge in [-0.15, -0.1) is 0 Å². The Balaban J connectivity index is 2.37. The third kappa shape index (κ3) is 1.38. The van der Waals surface area contributed by atoms with Gasteiger partial charge < -0.3 is 11.2 Å². The number of carbonyl (C=O) groups is 2. The fourth-order valence-electron chi connectivity index (χ4n) is 3.46. The van der Waals surface area contributed by atoms with Gasteiger partial charge in [-0.25, -0.2) is 4.79 Å². The highest BCUT2D eigenvalue weighted by Crippen LogP contribution is 2.66. The van der Waals surface area contributed by atoms with Crippen LogP contribution in [-0.2, 0) is 4.79 Å². The van der Waals surface area contributed by atoms with Gasteiger partial charge in [0.25, 0.3) is 0 Å². The number of amides is 2. The van der Waals surface area contributed by atoms with E-state index in [1.165, 1.54) is 0 Å². The lowest BCUT2D eigenvalue weighted by Gasteiger charge is -2.37. The Morgan fingerprint density at radius 2 is 2.12 bits per heavy atom. The number of rotatable bonds is 3. The Morgan fingerprint density at radius 3 is 2.65 bits per heavy atom. The molecule has 4 N–H and O–H groups in total. The van der Waals surface area contributed by atoms with Crippen molar-refractivity contribution >= 4 is 12.3 Å². The molecule has 0 saturated heterocycles. The zero-order valence-electron chi connectivity index (χ0n) is 10.5. The first-order valence-electron chi connectivity index (χ1n) is 5.86. The highest BCUT2D eigenvalue weighted by molar-refractivity contribution is 5.79. The van der Waals surface area contributed by atoms with Crippen LogP contribution in [0.3, 0.4) is 0 Å². The Bertz CT molecular complexity index is 414. The minimum Gasteiger partial charge on any atom is -0.350 e. The summed E-state index contributed by atoms with van der Waals surface area (Å²) in [6, 6.07) is -0.646. The molecule has 0 aromatic carbocycles. The van der Waals surface area contributed by atoms with Crippen LogP contribution in [0.2, 0.25) is 0 Å². The van der Waals surface area contributed by atoms with Gasteiger partial charge in [-0.05, 0) is 24.2 Å². The van der Waals surface area contributed by atoms with Gasteiger partial charge in [0.1, 0.15) is 6.29 Å². The minimum atomic E-state index is -0.646. The van der Waals surface area contributed by atoms with Gasteiger partial charge in [-0.3, -0.25) is 10.2 Å². The third-order valence-corrected chi connectivity index (χ3v) is 4.88. The Hall–Kier alpha value is -1.52. The smallest absolute Gasteiger partial charge is 0.330 e. The van der Waals surface area contributed by atoms with Crippen molar-refractivity contribution in [1.29, 1.82) is 0 Å². The Kier molecular flexibility index (Phi) is 2.45. The van der Waals surface area contributed by atoms with Crippen molar-refractivity contribution < 1.29 is 9.59 Å². The summed E-state index contributed by atoms with van der Waals surface area (Å²) < 4.78 is 0. The molecule has 2 amide bonds. The van der Waals surface area contributed by atoms with Crippen LogP contribution >= 0.6 is 0 Å². The molecule has 1 saturated carbocycles. The SMILES string of the molecule is CC1(C)[C@@H]2CC[C@@]1(C)C(NNC(N)=O)=C2C=O. The van der Waals surface area contributed by atoms with Crippen LogP contribution < -0.4 is 16.6 Å². The predicted molar refractivity (Wildman–Crippen MR) is 63.6 cm³/mol. The van der Waals surface area contributed by atoms with E-state index in [9.17, 15) is 9.59 Å². The molecule has 0 spiro atoms. The molecule has 2 atom stereocenters. The van der Waals surface area contributed by atoms with Crippen LogP contribution in [0.5, 0.6) is 0 Å². The van der Waals surface area contributed by atoms with E-state index >= 15 is 0 Å². The van der Waals surface area contributed by atoms with Crippen LogP contribution in [0.15, 0.2) is 11.3 Å². The van der Waals surface area contributed by atoms with E-state index in [1.807, 2.05) is 0 Å². The average molecular weight is 237 g/mol. The average Bonchev–Trinajstić information content (AvgIpc) is 2.56. The van der Waals surface area contributed by atoms with Crippen molar-refractivity contribution in [3.05, 3.63) is 11.3 Å². The molecule has 0 heterocycles. The summed E-state index contributed by atoms with van der Waals surface area (Å²) in [5, 5.41) is 0. The molecule has 2 aliphatic rings. The van der Waals surface area contributed by atoms with E-state index in [0.29, 0.717) is 0 Å². The number of primary amides is 1. The lowest BCUT2D eigenvalue weighted by molar-refractivity contribution is -0.105. The second kappa shape index (κ2) is 3.48. The number of hydrogen-bond acceptors (Lipinski definition) is 3. The van der Waals surface area contributed by atoms with Crippen LogP contribution in [0.1, 0.15) is 33.6 Å². The lowest BCUT2D eigenvalue weighted by atomic mass is 9.69. The first-order valence-corrected chi connectivity index (χ1v) is 5.86. The maximum Gasteiger partial charge on any atom is 0.330 e. The zero-order chi connectivity index (χ0) is 12.8. The Morgan fingerprint density at radius 1 is 1.47 bits per heavy atom. The maximum absolute atomic E-state index is 11.2. The third-order valence-electron chi connectivity index (χ3n) is 4.88. The van der Waals surface area contributed by atoms with Gasteiger partial charge in [-0.2, -0.15) is 0 Å². The first kappa shape index (κ1) is 12.0. The molecule has 5 heteroatoms. The molecule has 1 fully saturated rings. The molecule has 94 valence electrons. The fraction of sp³-hybridized carbons (Fsp3) is 0.667.